The van der Waals surface area contributed by atoms with Gasteiger partial charge in [-0.1, -0.05) is 12.8 Å². The molecule has 2 fully saturated rings. The second kappa shape index (κ2) is 7.25. The highest BCUT2D eigenvalue weighted by Crippen LogP contribution is 2.31. The second-order valence-electron chi connectivity index (χ2n) is 6.26. The number of carbonyl (C=O) groups is 1. The number of carboxylic acid groups (broad SMARTS) is 1. The van der Waals surface area contributed by atoms with Gasteiger partial charge in [0, 0.05) is 6.04 Å². The predicted molar refractivity (Wildman–Crippen MR) is 76.2 cm³/mol. The number of piperidine rings is 1. The van der Waals surface area contributed by atoms with E-state index < -0.39 is 5.97 Å². The maximum atomic E-state index is 11.1. The van der Waals surface area contributed by atoms with Crippen molar-refractivity contribution >= 4 is 5.97 Å². The molecular weight excluding hydrogens is 240 g/mol. The molecule has 2 rings (SSSR count). The van der Waals surface area contributed by atoms with Gasteiger partial charge in [0.25, 0.3) is 0 Å². The summed E-state index contributed by atoms with van der Waals surface area (Å²) in [4.78, 5) is 13.6. The highest BCUT2D eigenvalue weighted by molar-refractivity contribution is 5.70. The molecule has 2 N–H and O–H groups in total. The van der Waals surface area contributed by atoms with E-state index in [2.05, 4.69) is 17.3 Å². The quantitative estimate of drug-likeness (QED) is 0.723. The van der Waals surface area contributed by atoms with E-state index in [0.29, 0.717) is 5.92 Å². The number of nitrogens with zero attached hydrogens (tertiary/aromatic N) is 1. The Morgan fingerprint density at radius 3 is 2.84 bits per heavy atom. The Hall–Kier alpha value is -0.610. The number of hydrogen-bond acceptors (Lipinski definition) is 3. The van der Waals surface area contributed by atoms with E-state index in [9.17, 15) is 4.79 Å². The number of likely N-dealkylation sites (tertiary alicyclic amines) is 1. The van der Waals surface area contributed by atoms with Gasteiger partial charge >= 0.3 is 5.97 Å². The van der Waals surface area contributed by atoms with Gasteiger partial charge in [-0.3, -0.25) is 4.79 Å². The average Bonchev–Trinajstić information content (AvgIpc) is 2.85. The third-order valence-corrected chi connectivity index (χ3v) is 4.96. The summed E-state index contributed by atoms with van der Waals surface area (Å²) in [6, 6.07) is 0.722. The Kier molecular flexibility index (Phi) is 5.64. The summed E-state index contributed by atoms with van der Waals surface area (Å²) < 4.78 is 0. The number of hydrogen-bond donors (Lipinski definition) is 2. The lowest BCUT2D eigenvalue weighted by atomic mass is 9.96. The van der Waals surface area contributed by atoms with E-state index in [1.54, 1.807) is 0 Å². The summed E-state index contributed by atoms with van der Waals surface area (Å²) in [6.45, 7) is 3.14. The van der Waals surface area contributed by atoms with E-state index in [0.717, 1.165) is 38.4 Å². The van der Waals surface area contributed by atoms with Crippen molar-refractivity contribution in [3.63, 3.8) is 0 Å². The molecule has 1 aliphatic heterocycles. The van der Waals surface area contributed by atoms with Gasteiger partial charge in [0.15, 0.2) is 0 Å². The Labute approximate surface area is 116 Å². The van der Waals surface area contributed by atoms with Crippen molar-refractivity contribution in [2.75, 3.05) is 26.7 Å². The molecule has 0 spiro atoms. The Morgan fingerprint density at radius 2 is 2.11 bits per heavy atom. The fraction of sp³-hybridized carbons (Fsp3) is 0.933. The van der Waals surface area contributed by atoms with Crippen molar-refractivity contribution in [1.82, 2.24) is 10.2 Å². The maximum Gasteiger partial charge on any atom is 0.306 e. The van der Waals surface area contributed by atoms with Crippen LogP contribution in [-0.4, -0.2) is 48.7 Å². The molecule has 1 aliphatic carbocycles. The SMILES string of the molecule is CN1CCCCC1CCNCC1CCCC1C(=O)O. The standard InChI is InChI=1S/C15H28N2O2/c1-17-10-3-2-6-13(17)8-9-16-11-12-5-4-7-14(12)15(18)19/h12-14,16H,2-11H2,1H3,(H,18,19). The van der Waals surface area contributed by atoms with Gasteiger partial charge in [-0.25, -0.2) is 0 Å². The average molecular weight is 268 g/mol. The molecule has 0 aromatic carbocycles. The van der Waals surface area contributed by atoms with Gasteiger partial charge in [0.1, 0.15) is 0 Å². The first-order valence-corrected chi connectivity index (χ1v) is 7.82. The van der Waals surface area contributed by atoms with E-state index in [4.69, 9.17) is 5.11 Å². The number of rotatable bonds is 6. The molecule has 0 radical (unpaired) electrons. The van der Waals surface area contributed by atoms with Crippen LogP contribution in [0.2, 0.25) is 0 Å². The molecule has 4 nitrogen and oxygen atoms in total. The van der Waals surface area contributed by atoms with Crippen LogP contribution in [0.4, 0.5) is 0 Å². The Bertz CT molecular complexity index is 296. The van der Waals surface area contributed by atoms with Crippen LogP contribution in [-0.2, 0) is 4.79 Å². The topological polar surface area (TPSA) is 52.6 Å². The Morgan fingerprint density at radius 1 is 1.26 bits per heavy atom. The summed E-state index contributed by atoms with van der Waals surface area (Å²) in [6.07, 6.45) is 8.23. The van der Waals surface area contributed by atoms with Crippen LogP contribution < -0.4 is 5.32 Å². The van der Waals surface area contributed by atoms with Crippen LogP contribution in [0.3, 0.4) is 0 Å². The number of aliphatic carboxylic acids is 1. The summed E-state index contributed by atoms with van der Waals surface area (Å²) in [5, 5.41) is 12.6. The van der Waals surface area contributed by atoms with Gasteiger partial charge < -0.3 is 15.3 Å². The van der Waals surface area contributed by atoms with Gasteiger partial charge in [-0.2, -0.15) is 0 Å². The lowest BCUT2D eigenvalue weighted by Gasteiger charge is -2.32. The molecular formula is C15H28N2O2. The van der Waals surface area contributed by atoms with E-state index in [-0.39, 0.29) is 5.92 Å². The Balaban J connectivity index is 1.62. The minimum Gasteiger partial charge on any atom is -0.481 e. The van der Waals surface area contributed by atoms with Gasteiger partial charge in [0.2, 0.25) is 0 Å². The molecule has 0 aromatic heterocycles. The number of carboxylic acids is 1. The third-order valence-electron chi connectivity index (χ3n) is 4.96. The van der Waals surface area contributed by atoms with E-state index in [1.165, 1.54) is 32.2 Å². The molecule has 4 heteroatoms. The normalized spacial score (nSPS) is 32.6. The van der Waals surface area contributed by atoms with Crippen LogP contribution in [0.15, 0.2) is 0 Å². The molecule has 19 heavy (non-hydrogen) atoms. The summed E-state index contributed by atoms with van der Waals surface area (Å²) in [7, 11) is 2.22. The first kappa shape index (κ1) is 14.8. The highest BCUT2D eigenvalue weighted by atomic mass is 16.4. The zero-order valence-corrected chi connectivity index (χ0v) is 12.1. The van der Waals surface area contributed by atoms with Crippen molar-refractivity contribution in [1.29, 1.82) is 0 Å². The van der Waals surface area contributed by atoms with Crippen molar-refractivity contribution in [2.24, 2.45) is 11.8 Å². The molecule has 3 unspecified atom stereocenters. The molecule has 110 valence electrons. The van der Waals surface area contributed by atoms with Gasteiger partial charge in [0.05, 0.1) is 5.92 Å². The zero-order chi connectivity index (χ0) is 13.7. The third kappa shape index (κ3) is 4.18. The largest absolute Gasteiger partial charge is 0.481 e. The van der Waals surface area contributed by atoms with E-state index in [1.807, 2.05) is 0 Å². The lowest BCUT2D eigenvalue weighted by Crippen LogP contribution is -2.39. The van der Waals surface area contributed by atoms with Crippen LogP contribution >= 0.6 is 0 Å². The molecule has 1 heterocycles. The van der Waals surface area contributed by atoms with Crippen molar-refractivity contribution < 1.29 is 9.90 Å². The second-order valence-corrected chi connectivity index (χ2v) is 6.26. The fourth-order valence-electron chi connectivity index (χ4n) is 3.67. The monoisotopic (exact) mass is 268 g/mol. The summed E-state index contributed by atoms with van der Waals surface area (Å²) >= 11 is 0. The minimum atomic E-state index is -0.601. The van der Waals surface area contributed by atoms with Crippen molar-refractivity contribution in [2.45, 2.75) is 51.0 Å². The van der Waals surface area contributed by atoms with Crippen LogP contribution in [0.1, 0.15) is 44.9 Å². The predicted octanol–water partition coefficient (Wildman–Crippen LogP) is 1.95. The first-order chi connectivity index (χ1) is 9.18. The minimum absolute atomic E-state index is 0.107. The zero-order valence-electron chi connectivity index (χ0n) is 12.1. The fourth-order valence-corrected chi connectivity index (χ4v) is 3.67. The van der Waals surface area contributed by atoms with Crippen molar-refractivity contribution in [3.8, 4) is 0 Å². The highest BCUT2D eigenvalue weighted by Gasteiger charge is 2.32. The first-order valence-electron chi connectivity index (χ1n) is 7.82. The van der Waals surface area contributed by atoms with Crippen molar-refractivity contribution in [3.05, 3.63) is 0 Å². The molecule has 0 bridgehead atoms. The van der Waals surface area contributed by atoms with Crippen LogP contribution in [0, 0.1) is 11.8 Å². The molecule has 2 aliphatic rings. The summed E-state index contributed by atoms with van der Waals surface area (Å²) in [5.74, 6) is -0.359. The number of nitrogens with one attached hydrogen (secondary N) is 1. The maximum absolute atomic E-state index is 11.1. The molecule has 3 atom stereocenters. The van der Waals surface area contributed by atoms with Gasteiger partial charge in [-0.05, 0) is 64.7 Å². The smallest absolute Gasteiger partial charge is 0.306 e. The van der Waals surface area contributed by atoms with Crippen LogP contribution in [0.5, 0.6) is 0 Å². The summed E-state index contributed by atoms with van der Waals surface area (Å²) in [5.41, 5.74) is 0. The van der Waals surface area contributed by atoms with Crippen LogP contribution in [0.25, 0.3) is 0 Å². The molecule has 1 saturated carbocycles. The molecule has 1 saturated heterocycles. The van der Waals surface area contributed by atoms with Gasteiger partial charge in [-0.15, -0.1) is 0 Å². The lowest BCUT2D eigenvalue weighted by molar-refractivity contribution is -0.142. The van der Waals surface area contributed by atoms with E-state index >= 15 is 0 Å². The molecule has 0 aromatic rings. The molecule has 0 amide bonds.